The van der Waals surface area contributed by atoms with Crippen molar-refractivity contribution in [3.8, 4) is 33.9 Å². The highest BCUT2D eigenvalue weighted by atomic mass is 16.4. The average Bonchev–Trinajstić information content (AvgIpc) is 3.39. The fourth-order valence-corrected chi connectivity index (χ4v) is 3.76. The van der Waals surface area contributed by atoms with Gasteiger partial charge in [-0.25, -0.2) is 4.98 Å². The molecule has 1 aliphatic rings. The zero-order valence-electron chi connectivity index (χ0n) is 15.1. The van der Waals surface area contributed by atoms with Crippen LogP contribution in [0.15, 0.2) is 78.2 Å². The summed E-state index contributed by atoms with van der Waals surface area (Å²) in [6.07, 6.45) is 5.22. The fraction of sp³-hybridized carbons (Fsp3) is 0.0870. The van der Waals surface area contributed by atoms with E-state index >= 15 is 0 Å². The molecule has 0 amide bonds. The van der Waals surface area contributed by atoms with Crippen molar-refractivity contribution < 1.29 is 5.21 Å². The first-order valence-corrected chi connectivity index (χ1v) is 9.24. The van der Waals surface area contributed by atoms with Gasteiger partial charge >= 0.3 is 0 Å². The zero-order valence-corrected chi connectivity index (χ0v) is 15.1. The third-order valence-corrected chi connectivity index (χ3v) is 5.16. The summed E-state index contributed by atoms with van der Waals surface area (Å²) < 4.78 is 0. The molecule has 0 spiro atoms. The number of nitrogens with one attached hydrogen (secondary N) is 1. The Morgan fingerprint density at radius 1 is 0.857 bits per heavy atom. The number of rotatable bonds is 3. The van der Waals surface area contributed by atoms with Gasteiger partial charge in [0.1, 0.15) is 5.82 Å². The van der Waals surface area contributed by atoms with Crippen LogP contribution in [-0.4, -0.2) is 25.9 Å². The van der Waals surface area contributed by atoms with E-state index in [2.05, 4.69) is 21.2 Å². The van der Waals surface area contributed by atoms with Crippen LogP contribution in [0.25, 0.3) is 33.9 Å². The SMILES string of the molecule is ON=C1CCc2cc(-c3nc(-c4ccccc4)[nH]c3-c3ccncc3)ccc21. The van der Waals surface area contributed by atoms with Gasteiger partial charge in [0, 0.05) is 34.6 Å². The van der Waals surface area contributed by atoms with Crippen molar-refractivity contribution in [2.75, 3.05) is 0 Å². The molecule has 2 N–H and O–H groups in total. The van der Waals surface area contributed by atoms with Crippen LogP contribution in [0.4, 0.5) is 0 Å². The lowest BCUT2D eigenvalue weighted by Crippen LogP contribution is -1.94. The van der Waals surface area contributed by atoms with Crippen LogP contribution in [0, 0.1) is 0 Å². The Labute approximate surface area is 162 Å². The highest BCUT2D eigenvalue weighted by Gasteiger charge is 2.21. The Hall–Kier alpha value is -3.73. The molecule has 0 atom stereocenters. The minimum Gasteiger partial charge on any atom is -0.411 e. The molecule has 136 valence electrons. The number of hydrogen-bond acceptors (Lipinski definition) is 4. The van der Waals surface area contributed by atoms with Crippen molar-refractivity contribution in [1.82, 2.24) is 15.0 Å². The van der Waals surface area contributed by atoms with Crippen LogP contribution in [0.3, 0.4) is 0 Å². The maximum absolute atomic E-state index is 9.19. The lowest BCUT2D eigenvalue weighted by Gasteiger charge is -2.06. The Bertz CT molecular complexity index is 1160. The van der Waals surface area contributed by atoms with Crippen LogP contribution < -0.4 is 0 Å². The van der Waals surface area contributed by atoms with Gasteiger partial charge < -0.3 is 10.2 Å². The first kappa shape index (κ1) is 16.4. The van der Waals surface area contributed by atoms with E-state index in [9.17, 15) is 5.21 Å². The van der Waals surface area contributed by atoms with E-state index in [4.69, 9.17) is 4.98 Å². The molecule has 5 nitrogen and oxygen atoms in total. The number of aromatic amines is 1. The molecule has 0 radical (unpaired) electrons. The number of aromatic nitrogens is 3. The van der Waals surface area contributed by atoms with Gasteiger partial charge in [0.25, 0.3) is 0 Å². The van der Waals surface area contributed by atoms with E-state index in [1.54, 1.807) is 12.4 Å². The molecule has 0 bridgehead atoms. The molecule has 0 aliphatic heterocycles. The Morgan fingerprint density at radius 3 is 2.46 bits per heavy atom. The van der Waals surface area contributed by atoms with Gasteiger partial charge in [-0.15, -0.1) is 0 Å². The number of oxime groups is 1. The average molecular weight is 366 g/mol. The van der Waals surface area contributed by atoms with Crippen molar-refractivity contribution in [3.63, 3.8) is 0 Å². The van der Waals surface area contributed by atoms with Crippen LogP contribution in [0.2, 0.25) is 0 Å². The molecular weight excluding hydrogens is 348 g/mol. The normalized spacial score (nSPS) is 14.4. The highest BCUT2D eigenvalue weighted by molar-refractivity contribution is 6.04. The molecule has 2 aromatic carbocycles. The summed E-state index contributed by atoms with van der Waals surface area (Å²) in [7, 11) is 0. The summed E-state index contributed by atoms with van der Waals surface area (Å²) in [6.45, 7) is 0. The van der Waals surface area contributed by atoms with Crippen LogP contribution in [-0.2, 0) is 6.42 Å². The second-order valence-corrected chi connectivity index (χ2v) is 6.83. The molecule has 5 rings (SSSR count). The van der Waals surface area contributed by atoms with Gasteiger partial charge in [0.15, 0.2) is 0 Å². The standard InChI is InChI=1S/C23H18N4O/c28-27-20-9-7-17-14-18(6-8-19(17)20)22-21(15-10-12-24-13-11-15)25-23(26-22)16-4-2-1-3-5-16/h1-6,8,10-14,28H,7,9H2,(H,25,26). The summed E-state index contributed by atoms with van der Waals surface area (Å²) in [5.41, 5.74) is 7.96. The van der Waals surface area contributed by atoms with Gasteiger partial charge in [0.05, 0.1) is 17.1 Å². The Kier molecular flexibility index (Phi) is 3.98. The number of aryl methyl sites for hydroxylation is 1. The van der Waals surface area contributed by atoms with E-state index in [0.29, 0.717) is 0 Å². The molecule has 0 saturated heterocycles. The Balaban J connectivity index is 1.67. The van der Waals surface area contributed by atoms with Crippen molar-refractivity contribution in [2.24, 2.45) is 5.16 Å². The highest BCUT2D eigenvalue weighted by Crippen LogP contribution is 2.35. The molecule has 0 fully saturated rings. The van der Waals surface area contributed by atoms with Crippen molar-refractivity contribution >= 4 is 5.71 Å². The minimum atomic E-state index is 0.753. The molecule has 0 saturated carbocycles. The molecule has 4 aromatic rings. The first-order chi connectivity index (χ1) is 13.8. The summed E-state index contributed by atoms with van der Waals surface area (Å²) in [5, 5.41) is 12.6. The maximum Gasteiger partial charge on any atom is 0.138 e. The summed E-state index contributed by atoms with van der Waals surface area (Å²) in [4.78, 5) is 12.6. The minimum absolute atomic E-state index is 0.753. The summed E-state index contributed by atoms with van der Waals surface area (Å²) in [6, 6.07) is 20.3. The van der Waals surface area contributed by atoms with Crippen LogP contribution >= 0.6 is 0 Å². The van der Waals surface area contributed by atoms with E-state index in [1.165, 1.54) is 5.56 Å². The van der Waals surface area contributed by atoms with E-state index in [1.807, 2.05) is 54.6 Å². The fourth-order valence-electron chi connectivity index (χ4n) is 3.76. The summed E-state index contributed by atoms with van der Waals surface area (Å²) >= 11 is 0. The largest absolute Gasteiger partial charge is 0.411 e. The van der Waals surface area contributed by atoms with E-state index < -0.39 is 0 Å². The molecule has 28 heavy (non-hydrogen) atoms. The molecule has 2 aromatic heterocycles. The van der Waals surface area contributed by atoms with Crippen molar-refractivity contribution in [1.29, 1.82) is 0 Å². The number of imidazole rings is 1. The molecule has 5 heteroatoms. The van der Waals surface area contributed by atoms with Gasteiger partial charge in [-0.05, 0) is 36.6 Å². The summed E-state index contributed by atoms with van der Waals surface area (Å²) in [5.74, 6) is 0.834. The lowest BCUT2D eigenvalue weighted by molar-refractivity contribution is 0.318. The second kappa shape index (κ2) is 6.78. The van der Waals surface area contributed by atoms with Crippen molar-refractivity contribution in [3.05, 3.63) is 84.2 Å². The molecule has 0 unspecified atom stereocenters. The van der Waals surface area contributed by atoms with Gasteiger partial charge in [0.2, 0.25) is 0 Å². The number of pyridine rings is 1. The molecule has 2 heterocycles. The number of hydrogen-bond donors (Lipinski definition) is 2. The monoisotopic (exact) mass is 366 g/mol. The van der Waals surface area contributed by atoms with Gasteiger partial charge in [-0.2, -0.15) is 0 Å². The number of benzene rings is 2. The Morgan fingerprint density at radius 2 is 1.68 bits per heavy atom. The van der Waals surface area contributed by atoms with E-state index in [0.717, 1.165) is 58.0 Å². The third-order valence-electron chi connectivity index (χ3n) is 5.16. The zero-order chi connectivity index (χ0) is 18.9. The number of nitrogens with zero attached hydrogens (tertiary/aromatic N) is 3. The van der Waals surface area contributed by atoms with Crippen molar-refractivity contribution in [2.45, 2.75) is 12.8 Å². The lowest BCUT2D eigenvalue weighted by atomic mass is 10.0. The number of fused-ring (bicyclic) bond motifs is 1. The second-order valence-electron chi connectivity index (χ2n) is 6.83. The van der Waals surface area contributed by atoms with Gasteiger partial charge in [-0.1, -0.05) is 47.6 Å². The molecular formula is C23H18N4O. The van der Waals surface area contributed by atoms with E-state index in [-0.39, 0.29) is 0 Å². The topological polar surface area (TPSA) is 74.2 Å². The predicted molar refractivity (Wildman–Crippen MR) is 109 cm³/mol. The quantitative estimate of drug-likeness (QED) is 0.399. The third kappa shape index (κ3) is 2.77. The van der Waals surface area contributed by atoms with Crippen LogP contribution in [0.5, 0.6) is 0 Å². The predicted octanol–water partition coefficient (Wildman–Crippen LogP) is 4.93. The van der Waals surface area contributed by atoms with Gasteiger partial charge in [-0.3, -0.25) is 4.98 Å². The smallest absolute Gasteiger partial charge is 0.138 e. The first-order valence-electron chi connectivity index (χ1n) is 9.24. The molecule has 1 aliphatic carbocycles. The number of H-pyrrole nitrogens is 1. The van der Waals surface area contributed by atoms with Crippen LogP contribution in [0.1, 0.15) is 17.5 Å². The maximum atomic E-state index is 9.19.